The fraction of sp³-hybridized carbons (Fsp3) is 0.583. The van der Waals surface area contributed by atoms with Gasteiger partial charge in [-0.25, -0.2) is 0 Å². The second kappa shape index (κ2) is 7.76. The lowest BCUT2D eigenvalue weighted by atomic mass is 10.2. The number of rotatable bonds is 7. The quantitative estimate of drug-likeness (QED) is 0.723. The van der Waals surface area contributed by atoms with Crippen molar-refractivity contribution in [3.05, 3.63) is 28.5 Å². The Morgan fingerprint density at radius 3 is 2.62 bits per heavy atom. The zero-order valence-electron chi connectivity index (χ0n) is 9.78. The van der Waals surface area contributed by atoms with Crippen molar-refractivity contribution in [3.63, 3.8) is 0 Å². The lowest BCUT2D eigenvalue weighted by molar-refractivity contribution is 0.0305. The second-order valence-electron chi connectivity index (χ2n) is 3.99. The Labute approximate surface area is 105 Å². The molecule has 1 heterocycles. The molecule has 0 fully saturated rings. The average molecular weight is 288 g/mol. The molecule has 0 N–H and O–H groups in total. The molecule has 4 heteroatoms. The van der Waals surface area contributed by atoms with Gasteiger partial charge in [0, 0.05) is 17.3 Å². The van der Waals surface area contributed by atoms with Crippen molar-refractivity contribution in [1.82, 2.24) is 4.98 Å². The molecule has 0 aliphatic heterocycles. The highest BCUT2D eigenvalue weighted by Crippen LogP contribution is 2.07. The van der Waals surface area contributed by atoms with Gasteiger partial charge in [0.05, 0.1) is 25.5 Å². The monoisotopic (exact) mass is 287 g/mol. The number of hydrogen-bond acceptors (Lipinski definition) is 3. The number of pyridine rings is 1. The predicted molar refractivity (Wildman–Crippen MR) is 67.3 cm³/mol. The molecule has 0 amide bonds. The molecule has 3 nitrogen and oxygen atoms in total. The summed E-state index contributed by atoms with van der Waals surface area (Å²) in [6.45, 7) is 6.86. The number of aromatic nitrogens is 1. The van der Waals surface area contributed by atoms with Crippen LogP contribution in [0.5, 0.6) is 0 Å². The van der Waals surface area contributed by atoms with Crippen molar-refractivity contribution in [2.45, 2.75) is 20.5 Å². The lowest BCUT2D eigenvalue weighted by Crippen LogP contribution is -2.08. The van der Waals surface area contributed by atoms with Crippen molar-refractivity contribution in [1.29, 1.82) is 0 Å². The highest BCUT2D eigenvalue weighted by atomic mass is 79.9. The molecule has 0 bridgehead atoms. The van der Waals surface area contributed by atoms with Crippen LogP contribution in [0.3, 0.4) is 0 Å². The molecule has 0 saturated carbocycles. The van der Waals surface area contributed by atoms with Gasteiger partial charge in [-0.15, -0.1) is 0 Å². The summed E-state index contributed by atoms with van der Waals surface area (Å²) in [6.07, 6.45) is 1.77. The Morgan fingerprint density at radius 1 is 1.25 bits per heavy atom. The zero-order valence-corrected chi connectivity index (χ0v) is 11.4. The summed E-state index contributed by atoms with van der Waals surface area (Å²) in [7, 11) is 0. The van der Waals surface area contributed by atoms with Crippen LogP contribution in [0.4, 0.5) is 0 Å². The predicted octanol–water partition coefficient (Wildman–Crippen LogP) is 3.03. The summed E-state index contributed by atoms with van der Waals surface area (Å²) in [5.74, 6) is 0.577. The first-order valence-corrected chi connectivity index (χ1v) is 6.23. The van der Waals surface area contributed by atoms with Gasteiger partial charge in [-0.2, -0.15) is 0 Å². The van der Waals surface area contributed by atoms with E-state index in [1.165, 1.54) is 0 Å². The topological polar surface area (TPSA) is 31.4 Å². The summed E-state index contributed by atoms with van der Waals surface area (Å²) >= 11 is 3.34. The third-order valence-electron chi connectivity index (χ3n) is 1.86. The van der Waals surface area contributed by atoms with Crippen LogP contribution in [0.15, 0.2) is 22.8 Å². The van der Waals surface area contributed by atoms with E-state index in [0.717, 1.165) is 16.8 Å². The largest absolute Gasteiger partial charge is 0.379 e. The maximum Gasteiger partial charge on any atom is 0.0889 e. The molecule has 0 aliphatic carbocycles. The van der Waals surface area contributed by atoms with Gasteiger partial charge < -0.3 is 9.47 Å². The second-order valence-corrected chi connectivity index (χ2v) is 4.90. The Morgan fingerprint density at radius 2 is 2.00 bits per heavy atom. The summed E-state index contributed by atoms with van der Waals surface area (Å²) < 4.78 is 11.8. The van der Waals surface area contributed by atoms with Gasteiger partial charge in [-0.05, 0) is 34.0 Å². The number of hydrogen-bond donors (Lipinski definition) is 0. The van der Waals surface area contributed by atoms with E-state index in [0.29, 0.717) is 25.7 Å². The molecule has 1 aromatic rings. The molecule has 90 valence electrons. The van der Waals surface area contributed by atoms with Gasteiger partial charge in [0.1, 0.15) is 0 Å². The molecule has 0 spiro atoms. The third-order valence-corrected chi connectivity index (χ3v) is 2.33. The minimum Gasteiger partial charge on any atom is -0.379 e. The van der Waals surface area contributed by atoms with Crippen LogP contribution in [0, 0.1) is 5.92 Å². The molecule has 0 aliphatic rings. The van der Waals surface area contributed by atoms with E-state index in [2.05, 4.69) is 34.8 Å². The number of halogens is 1. The molecular formula is C12H18BrNO2. The Balaban J connectivity index is 2.05. The zero-order chi connectivity index (χ0) is 11.8. The smallest absolute Gasteiger partial charge is 0.0889 e. The van der Waals surface area contributed by atoms with Crippen molar-refractivity contribution in [2.75, 3.05) is 19.8 Å². The van der Waals surface area contributed by atoms with E-state index in [-0.39, 0.29) is 0 Å². The average Bonchev–Trinajstić information content (AvgIpc) is 2.25. The van der Waals surface area contributed by atoms with Gasteiger partial charge in [0.15, 0.2) is 0 Å². The Hall–Kier alpha value is -0.450. The molecular weight excluding hydrogens is 270 g/mol. The van der Waals surface area contributed by atoms with Gasteiger partial charge in [0.25, 0.3) is 0 Å². The van der Waals surface area contributed by atoms with Crippen LogP contribution in [-0.4, -0.2) is 24.8 Å². The van der Waals surface area contributed by atoms with Crippen LogP contribution in [0.1, 0.15) is 19.5 Å². The van der Waals surface area contributed by atoms with Crippen LogP contribution < -0.4 is 0 Å². The maximum absolute atomic E-state index is 5.44. The fourth-order valence-electron chi connectivity index (χ4n) is 1.11. The van der Waals surface area contributed by atoms with E-state index in [9.17, 15) is 0 Å². The van der Waals surface area contributed by atoms with E-state index in [4.69, 9.17) is 9.47 Å². The van der Waals surface area contributed by atoms with Crippen molar-refractivity contribution in [3.8, 4) is 0 Å². The molecule has 0 atom stereocenters. The van der Waals surface area contributed by atoms with Crippen LogP contribution in [0.25, 0.3) is 0 Å². The van der Waals surface area contributed by atoms with Crippen molar-refractivity contribution < 1.29 is 9.47 Å². The first kappa shape index (κ1) is 13.6. The summed E-state index contributed by atoms with van der Waals surface area (Å²) in [6, 6.07) is 3.90. The standard InChI is InChI=1S/C12H18BrNO2/c1-10(2)8-15-5-6-16-9-12-4-3-11(13)7-14-12/h3-4,7,10H,5-6,8-9H2,1-2H3. The van der Waals surface area contributed by atoms with Crippen molar-refractivity contribution in [2.24, 2.45) is 5.92 Å². The van der Waals surface area contributed by atoms with Gasteiger partial charge in [-0.1, -0.05) is 13.8 Å². The first-order chi connectivity index (χ1) is 7.68. The van der Waals surface area contributed by atoms with Gasteiger partial charge in [-0.3, -0.25) is 4.98 Å². The molecule has 0 aromatic carbocycles. The Kier molecular flexibility index (Phi) is 6.61. The van der Waals surface area contributed by atoms with Crippen LogP contribution in [-0.2, 0) is 16.1 Å². The van der Waals surface area contributed by atoms with Crippen LogP contribution in [0.2, 0.25) is 0 Å². The van der Waals surface area contributed by atoms with Crippen molar-refractivity contribution >= 4 is 15.9 Å². The summed E-state index contributed by atoms with van der Waals surface area (Å²) in [4.78, 5) is 4.21. The van der Waals surface area contributed by atoms with E-state index >= 15 is 0 Å². The molecule has 0 radical (unpaired) electrons. The van der Waals surface area contributed by atoms with Gasteiger partial charge in [0.2, 0.25) is 0 Å². The third kappa shape index (κ3) is 6.20. The first-order valence-electron chi connectivity index (χ1n) is 5.44. The number of ether oxygens (including phenoxy) is 2. The van der Waals surface area contributed by atoms with E-state index in [1.807, 2.05) is 12.1 Å². The minimum absolute atomic E-state index is 0.540. The lowest BCUT2D eigenvalue weighted by Gasteiger charge is -2.07. The molecule has 0 unspecified atom stereocenters. The fourth-order valence-corrected chi connectivity index (χ4v) is 1.34. The van der Waals surface area contributed by atoms with E-state index < -0.39 is 0 Å². The summed E-state index contributed by atoms with van der Waals surface area (Å²) in [5, 5.41) is 0. The summed E-state index contributed by atoms with van der Waals surface area (Å²) in [5.41, 5.74) is 0.937. The molecule has 0 saturated heterocycles. The highest BCUT2D eigenvalue weighted by Gasteiger charge is 1.96. The van der Waals surface area contributed by atoms with Crippen LogP contribution >= 0.6 is 15.9 Å². The maximum atomic E-state index is 5.44. The molecule has 16 heavy (non-hydrogen) atoms. The van der Waals surface area contributed by atoms with E-state index in [1.54, 1.807) is 6.20 Å². The molecule has 1 aromatic heterocycles. The Bertz CT molecular complexity index is 288. The number of nitrogens with zero attached hydrogens (tertiary/aromatic N) is 1. The molecule has 1 rings (SSSR count). The normalized spacial score (nSPS) is 11.0. The SMILES string of the molecule is CC(C)COCCOCc1ccc(Br)cn1. The highest BCUT2D eigenvalue weighted by molar-refractivity contribution is 9.10. The van der Waals surface area contributed by atoms with Gasteiger partial charge >= 0.3 is 0 Å². The minimum atomic E-state index is 0.540.